The zero-order chi connectivity index (χ0) is 19.2. The maximum Gasteiger partial charge on any atom is 0.235 e. The van der Waals surface area contributed by atoms with Crippen LogP contribution in [0, 0.1) is 6.92 Å². The number of carbonyl (C=O) groups is 1. The summed E-state index contributed by atoms with van der Waals surface area (Å²) in [6, 6.07) is 8.37. The third-order valence-electron chi connectivity index (χ3n) is 5.14. The number of thioether (sulfide) groups is 1. The van der Waals surface area contributed by atoms with Gasteiger partial charge in [-0.3, -0.25) is 4.79 Å². The van der Waals surface area contributed by atoms with Crippen molar-refractivity contribution in [2.45, 2.75) is 49.3 Å². The fourth-order valence-electron chi connectivity index (χ4n) is 3.55. The first-order chi connectivity index (χ1) is 13.1. The first-order valence-corrected chi connectivity index (χ1v) is 10.5. The van der Waals surface area contributed by atoms with Crippen molar-refractivity contribution in [3.8, 4) is 0 Å². The smallest absolute Gasteiger partial charge is 0.235 e. The van der Waals surface area contributed by atoms with Crippen LogP contribution in [0.4, 0.5) is 0 Å². The predicted molar refractivity (Wildman–Crippen MR) is 109 cm³/mol. The Balaban J connectivity index is 1.53. The fraction of sp³-hybridized carbons (Fsp3) is 0.524. The normalized spacial score (nSPS) is 16.5. The van der Waals surface area contributed by atoms with Crippen LogP contribution in [0.1, 0.15) is 37.1 Å². The number of methoxy groups -OCH3 is 1. The molecule has 0 radical (unpaired) electrons. The molecular formula is C21H29N3O2S. The van der Waals surface area contributed by atoms with Gasteiger partial charge in [-0.15, -0.1) is 11.8 Å². The summed E-state index contributed by atoms with van der Waals surface area (Å²) in [6.07, 6.45) is 5.82. The number of ether oxygens (including phenoxy) is 1. The van der Waals surface area contributed by atoms with Crippen molar-refractivity contribution in [1.29, 1.82) is 0 Å². The number of nitrogens with zero attached hydrogens (tertiary/aromatic N) is 3. The summed E-state index contributed by atoms with van der Waals surface area (Å²) >= 11 is 1.64. The maximum atomic E-state index is 12.8. The van der Waals surface area contributed by atoms with Crippen LogP contribution >= 0.6 is 11.8 Å². The van der Waals surface area contributed by atoms with Crippen molar-refractivity contribution in [3.63, 3.8) is 0 Å². The minimum absolute atomic E-state index is 0.0621. The molecule has 1 saturated heterocycles. The number of piperidine rings is 1. The van der Waals surface area contributed by atoms with E-state index in [-0.39, 0.29) is 11.2 Å². The van der Waals surface area contributed by atoms with Gasteiger partial charge in [-0.05, 0) is 38.8 Å². The topological polar surface area (TPSA) is 47.4 Å². The summed E-state index contributed by atoms with van der Waals surface area (Å²) in [5, 5.41) is -0.0621. The van der Waals surface area contributed by atoms with Crippen LogP contribution in [0.25, 0.3) is 0 Å². The van der Waals surface area contributed by atoms with Crippen LogP contribution in [0.3, 0.4) is 0 Å². The molecule has 0 saturated carbocycles. The molecule has 0 N–H and O–H groups in total. The average molecular weight is 388 g/mol. The van der Waals surface area contributed by atoms with Gasteiger partial charge < -0.3 is 14.2 Å². The first kappa shape index (κ1) is 20.0. The lowest BCUT2D eigenvalue weighted by molar-refractivity contribution is -0.131. The average Bonchev–Trinajstić information content (AvgIpc) is 3.16. The Hall–Kier alpha value is -1.79. The monoisotopic (exact) mass is 387 g/mol. The molecule has 3 rings (SSSR count). The van der Waals surface area contributed by atoms with E-state index in [0.29, 0.717) is 12.5 Å². The molecule has 1 atom stereocenters. The number of hydrogen-bond donors (Lipinski definition) is 0. The molecule has 0 spiro atoms. The number of likely N-dealkylation sites (tertiary alicyclic amines) is 1. The molecule has 146 valence electrons. The molecule has 1 aromatic carbocycles. The predicted octanol–water partition coefficient (Wildman–Crippen LogP) is 3.72. The number of hydrogen-bond acceptors (Lipinski definition) is 4. The van der Waals surface area contributed by atoms with E-state index in [0.717, 1.165) is 43.2 Å². The van der Waals surface area contributed by atoms with Gasteiger partial charge >= 0.3 is 0 Å². The number of carbonyl (C=O) groups excluding carboxylic acids is 1. The SMILES string of the molecule is COCCn1ccnc1C1CCN(C(=O)[C@H](C)Sc2ccc(C)cc2)CC1. The molecule has 6 heteroatoms. The molecule has 0 aliphatic carbocycles. The molecule has 1 amide bonds. The third kappa shape index (κ3) is 5.14. The van der Waals surface area contributed by atoms with Crippen LogP contribution in [-0.2, 0) is 16.1 Å². The van der Waals surface area contributed by atoms with Gasteiger partial charge in [0.25, 0.3) is 0 Å². The van der Waals surface area contributed by atoms with Crippen molar-refractivity contribution < 1.29 is 9.53 Å². The lowest BCUT2D eigenvalue weighted by Crippen LogP contribution is -2.42. The van der Waals surface area contributed by atoms with E-state index >= 15 is 0 Å². The minimum Gasteiger partial charge on any atom is -0.383 e. The molecule has 27 heavy (non-hydrogen) atoms. The second-order valence-electron chi connectivity index (χ2n) is 7.14. The van der Waals surface area contributed by atoms with Crippen LogP contribution in [0.5, 0.6) is 0 Å². The van der Waals surface area contributed by atoms with Crippen molar-refractivity contribution in [2.24, 2.45) is 0 Å². The molecule has 1 aliphatic heterocycles. The fourth-order valence-corrected chi connectivity index (χ4v) is 4.50. The maximum absolute atomic E-state index is 12.8. The highest BCUT2D eigenvalue weighted by Gasteiger charge is 2.28. The Labute approximate surface area is 166 Å². The molecule has 1 aliphatic rings. The number of imidazole rings is 1. The summed E-state index contributed by atoms with van der Waals surface area (Å²) in [4.78, 5) is 20.6. The van der Waals surface area contributed by atoms with Crippen LogP contribution in [0.2, 0.25) is 0 Å². The number of aromatic nitrogens is 2. The van der Waals surface area contributed by atoms with E-state index in [9.17, 15) is 4.79 Å². The molecule has 0 unspecified atom stereocenters. The van der Waals surface area contributed by atoms with Gasteiger partial charge in [-0.1, -0.05) is 17.7 Å². The van der Waals surface area contributed by atoms with Crippen molar-refractivity contribution in [2.75, 3.05) is 26.8 Å². The molecule has 2 aromatic rings. The Morgan fingerprint density at radius 2 is 2.00 bits per heavy atom. The number of amides is 1. The van der Waals surface area contributed by atoms with Crippen LogP contribution in [-0.4, -0.2) is 52.4 Å². The van der Waals surface area contributed by atoms with Gasteiger partial charge in [-0.2, -0.15) is 0 Å². The Bertz CT molecular complexity index is 736. The molecule has 2 heterocycles. The molecule has 5 nitrogen and oxygen atoms in total. The van der Waals surface area contributed by atoms with Gasteiger partial charge in [0.15, 0.2) is 0 Å². The van der Waals surface area contributed by atoms with Crippen LogP contribution in [0.15, 0.2) is 41.6 Å². The highest BCUT2D eigenvalue weighted by Crippen LogP contribution is 2.30. The Morgan fingerprint density at radius 1 is 1.30 bits per heavy atom. The Kier molecular flexibility index (Phi) is 6.96. The second-order valence-corrected chi connectivity index (χ2v) is 8.56. The van der Waals surface area contributed by atoms with Gasteiger partial charge in [0, 0.05) is 50.0 Å². The Morgan fingerprint density at radius 3 is 2.67 bits per heavy atom. The second kappa shape index (κ2) is 9.42. The van der Waals surface area contributed by atoms with Gasteiger partial charge in [0.2, 0.25) is 5.91 Å². The van der Waals surface area contributed by atoms with Crippen LogP contribution < -0.4 is 0 Å². The largest absolute Gasteiger partial charge is 0.383 e. The van der Waals surface area contributed by atoms with E-state index in [1.54, 1.807) is 18.9 Å². The van der Waals surface area contributed by atoms with Crippen molar-refractivity contribution >= 4 is 17.7 Å². The van der Waals surface area contributed by atoms with Gasteiger partial charge in [0.05, 0.1) is 11.9 Å². The molecule has 1 aromatic heterocycles. The molecule has 1 fully saturated rings. The zero-order valence-electron chi connectivity index (χ0n) is 16.4. The standard InChI is InChI=1S/C21H29N3O2S/c1-16-4-6-19(7-5-16)27-17(2)21(25)24-11-8-18(9-12-24)20-22-10-13-23(20)14-15-26-3/h4-7,10,13,17-18H,8-9,11-12,14-15H2,1-3H3/t17-/m0/s1. The van der Waals surface area contributed by atoms with Gasteiger partial charge in [0.1, 0.15) is 5.82 Å². The summed E-state index contributed by atoms with van der Waals surface area (Å²) in [5.41, 5.74) is 1.24. The summed E-state index contributed by atoms with van der Waals surface area (Å²) in [6.45, 7) is 7.21. The van der Waals surface area contributed by atoms with Gasteiger partial charge in [-0.25, -0.2) is 4.98 Å². The van der Waals surface area contributed by atoms with Crippen molar-refractivity contribution in [1.82, 2.24) is 14.5 Å². The number of rotatable bonds is 7. The first-order valence-electron chi connectivity index (χ1n) is 9.60. The van der Waals surface area contributed by atoms with E-state index < -0.39 is 0 Å². The van der Waals surface area contributed by atoms with Crippen molar-refractivity contribution in [3.05, 3.63) is 48.0 Å². The summed E-state index contributed by atoms with van der Waals surface area (Å²) < 4.78 is 7.37. The lowest BCUT2D eigenvalue weighted by Gasteiger charge is -2.33. The number of benzene rings is 1. The van der Waals surface area contributed by atoms with E-state index in [2.05, 4.69) is 40.7 Å². The number of aryl methyl sites for hydroxylation is 1. The minimum atomic E-state index is -0.0621. The highest BCUT2D eigenvalue weighted by molar-refractivity contribution is 8.00. The lowest BCUT2D eigenvalue weighted by atomic mass is 9.95. The summed E-state index contributed by atoms with van der Waals surface area (Å²) in [7, 11) is 1.72. The van der Waals surface area contributed by atoms with E-state index in [1.807, 2.05) is 24.2 Å². The quantitative estimate of drug-likeness (QED) is 0.679. The van der Waals surface area contributed by atoms with E-state index in [1.165, 1.54) is 5.56 Å². The molecule has 0 bridgehead atoms. The molecular weight excluding hydrogens is 358 g/mol. The summed E-state index contributed by atoms with van der Waals surface area (Å²) in [5.74, 6) is 1.78. The third-order valence-corrected chi connectivity index (χ3v) is 6.24. The highest BCUT2D eigenvalue weighted by atomic mass is 32.2. The van der Waals surface area contributed by atoms with E-state index in [4.69, 9.17) is 4.74 Å². The zero-order valence-corrected chi connectivity index (χ0v) is 17.2.